The van der Waals surface area contributed by atoms with Gasteiger partial charge in [0.2, 0.25) is 5.82 Å². The lowest BCUT2D eigenvalue weighted by Gasteiger charge is -2.24. The first kappa shape index (κ1) is 18.4. The molecule has 0 aliphatic carbocycles. The van der Waals surface area contributed by atoms with Crippen LogP contribution in [0.4, 0.5) is 0 Å². The zero-order valence-corrected chi connectivity index (χ0v) is 16.7. The van der Waals surface area contributed by atoms with Gasteiger partial charge in [-0.1, -0.05) is 11.6 Å². The van der Waals surface area contributed by atoms with E-state index in [4.69, 9.17) is 4.74 Å². The molecule has 0 spiro atoms. The largest absolute Gasteiger partial charge is 0.376 e. The molecule has 8 nitrogen and oxygen atoms in total. The second-order valence-electron chi connectivity index (χ2n) is 8.30. The van der Waals surface area contributed by atoms with Gasteiger partial charge in [0.05, 0.1) is 31.3 Å². The SMILES string of the molecule is Cc1ccc2[nH]c(=O)c([C@@H](c3nnnn3C[C@H]3CCCO3)[NH+]3CCCC3)cc2c1. The highest BCUT2D eigenvalue weighted by atomic mass is 16.5. The Morgan fingerprint density at radius 2 is 2.14 bits per heavy atom. The van der Waals surface area contributed by atoms with Crippen LogP contribution in [0.5, 0.6) is 0 Å². The van der Waals surface area contributed by atoms with Gasteiger partial charge in [-0.25, -0.2) is 4.68 Å². The van der Waals surface area contributed by atoms with E-state index in [0.29, 0.717) is 6.54 Å². The molecule has 2 fully saturated rings. The van der Waals surface area contributed by atoms with Gasteiger partial charge in [0.15, 0.2) is 6.04 Å². The Hall–Kier alpha value is -2.58. The van der Waals surface area contributed by atoms with Gasteiger partial charge in [-0.05, 0) is 53.8 Å². The molecule has 2 atom stereocenters. The van der Waals surface area contributed by atoms with Crippen molar-refractivity contribution >= 4 is 10.9 Å². The van der Waals surface area contributed by atoms with Crippen molar-refractivity contribution in [1.82, 2.24) is 25.2 Å². The van der Waals surface area contributed by atoms with Crippen LogP contribution in [0.2, 0.25) is 0 Å². The molecule has 3 aromatic rings. The minimum Gasteiger partial charge on any atom is -0.376 e. The van der Waals surface area contributed by atoms with Crippen LogP contribution in [0, 0.1) is 6.92 Å². The Balaban J connectivity index is 1.60. The number of aromatic nitrogens is 5. The van der Waals surface area contributed by atoms with Crippen LogP contribution in [0.3, 0.4) is 0 Å². The van der Waals surface area contributed by atoms with Gasteiger partial charge in [-0.2, -0.15) is 0 Å². The van der Waals surface area contributed by atoms with Crippen molar-refractivity contribution < 1.29 is 9.64 Å². The van der Waals surface area contributed by atoms with Crippen molar-refractivity contribution in [2.75, 3.05) is 19.7 Å². The molecule has 0 amide bonds. The van der Waals surface area contributed by atoms with Gasteiger partial charge >= 0.3 is 0 Å². The molecule has 4 heterocycles. The Labute approximate surface area is 168 Å². The average molecular weight is 395 g/mol. The van der Waals surface area contributed by atoms with Crippen LogP contribution in [0.1, 0.15) is 48.7 Å². The summed E-state index contributed by atoms with van der Waals surface area (Å²) in [6, 6.07) is 7.95. The van der Waals surface area contributed by atoms with Crippen LogP contribution in [-0.2, 0) is 11.3 Å². The van der Waals surface area contributed by atoms with Gasteiger partial charge in [0.1, 0.15) is 0 Å². The van der Waals surface area contributed by atoms with E-state index in [2.05, 4.69) is 33.5 Å². The Morgan fingerprint density at radius 1 is 1.28 bits per heavy atom. The molecule has 2 aliphatic heterocycles. The predicted octanol–water partition coefficient (Wildman–Crippen LogP) is 0.770. The number of fused-ring (bicyclic) bond motifs is 1. The van der Waals surface area contributed by atoms with Crippen LogP contribution in [-0.4, -0.2) is 51.0 Å². The summed E-state index contributed by atoms with van der Waals surface area (Å²) in [5.41, 5.74) is 2.71. The van der Waals surface area contributed by atoms with E-state index in [0.717, 1.165) is 67.7 Å². The molecule has 2 saturated heterocycles. The van der Waals surface area contributed by atoms with Crippen molar-refractivity contribution in [3.63, 3.8) is 0 Å². The molecule has 0 bridgehead atoms. The Bertz CT molecular complexity index is 1060. The molecule has 152 valence electrons. The summed E-state index contributed by atoms with van der Waals surface area (Å²) in [6.45, 7) is 5.53. The molecule has 29 heavy (non-hydrogen) atoms. The monoisotopic (exact) mass is 395 g/mol. The van der Waals surface area contributed by atoms with Crippen molar-refractivity contribution in [3.8, 4) is 0 Å². The molecule has 0 radical (unpaired) electrons. The molecular weight excluding hydrogens is 368 g/mol. The molecule has 2 aliphatic rings. The molecule has 2 aromatic heterocycles. The van der Waals surface area contributed by atoms with Gasteiger partial charge in [-0.15, -0.1) is 5.10 Å². The number of rotatable bonds is 5. The number of tetrazole rings is 1. The average Bonchev–Trinajstić information content (AvgIpc) is 3.47. The number of nitrogens with zero attached hydrogens (tertiary/aromatic N) is 4. The maximum absolute atomic E-state index is 13.1. The zero-order valence-electron chi connectivity index (χ0n) is 16.7. The Morgan fingerprint density at radius 3 is 2.93 bits per heavy atom. The van der Waals surface area contributed by atoms with E-state index in [-0.39, 0.29) is 17.7 Å². The van der Waals surface area contributed by atoms with Gasteiger partial charge < -0.3 is 14.6 Å². The standard InChI is InChI=1S/C21H26N6O2/c1-14-6-7-18-15(11-14)12-17(21(28)22-18)19(26-8-2-3-9-26)20-23-24-25-27(20)13-16-5-4-10-29-16/h6-7,11-12,16,19H,2-5,8-10,13H2,1H3,(H,22,28)/p+1/t16-,19+/m1/s1. The summed E-state index contributed by atoms with van der Waals surface area (Å²) >= 11 is 0. The molecular formula is C21H27N6O2+. The lowest BCUT2D eigenvalue weighted by Crippen LogP contribution is -3.10. The van der Waals surface area contributed by atoms with Gasteiger partial charge in [-0.3, -0.25) is 4.79 Å². The third-order valence-corrected chi connectivity index (χ3v) is 6.21. The van der Waals surface area contributed by atoms with E-state index in [1.165, 1.54) is 10.5 Å². The number of aromatic amines is 1. The minimum absolute atomic E-state index is 0.0579. The number of benzene rings is 1. The second-order valence-corrected chi connectivity index (χ2v) is 8.30. The summed E-state index contributed by atoms with van der Waals surface area (Å²) in [6.07, 6.45) is 4.56. The van der Waals surface area contributed by atoms with Crippen molar-refractivity contribution in [2.24, 2.45) is 0 Å². The third kappa shape index (κ3) is 3.58. The number of ether oxygens (including phenoxy) is 1. The quantitative estimate of drug-likeness (QED) is 0.666. The van der Waals surface area contributed by atoms with Crippen LogP contribution in [0.25, 0.3) is 10.9 Å². The van der Waals surface area contributed by atoms with E-state index >= 15 is 0 Å². The number of hydrogen-bond acceptors (Lipinski definition) is 5. The fourth-order valence-electron chi connectivity index (χ4n) is 4.75. The van der Waals surface area contributed by atoms with Crippen molar-refractivity contribution in [2.45, 2.75) is 51.3 Å². The highest BCUT2D eigenvalue weighted by Gasteiger charge is 2.36. The molecule has 0 saturated carbocycles. The molecule has 2 N–H and O–H groups in total. The number of hydrogen-bond donors (Lipinski definition) is 2. The number of aryl methyl sites for hydroxylation is 1. The smallest absolute Gasteiger partial charge is 0.258 e. The van der Waals surface area contributed by atoms with E-state index in [1.807, 2.05) is 22.9 Å². The first-order valence-electron chi connectivity index (χ1n) is 10.5. The van der Waals surface area contributed by atoms with Crippen molar-refractivity contribution in [1.29, 1.82) is 0 Å². The maximum atomic E-state index is 13.1. The van der Waals surface area contributed by atoms with Gasteiger partial charge in [0, 0.05) is 25.0 Å². The van der Waals surface area contributed by atoms with Crippen LogP contribution < -0.4 is 10.5 Å². The lowest BCUT2D eigenvalue weighted by atomic mass is 10.0. The molecule has 8 heteroatoms. The first-order valence-corrected chi connectivity index (χ1v) is 10.5. The van der Waals surface area contributed by atoms with Crippen molar-refractivity contribution in [3.05, 3.63) is 51.6 Å². The Kier molecular flexibility index (Phi) is 4.89. The normalized spacial score (nSPS) is 21.2. The highest BCUT2D eigenvalue weighted by molar-refractivity contribution is 5.79. The minimum atomic E-state index is -0.178. The molecule has 1 aromatic carbocycles. The fourth-order valence-corrected chi connectivity index (χ4v) is 4.75. The van der Waals surface area contributed by atoms with Crippen LogP contribution in [0.15, 0.2) is 29.1 Å². The summed E-state index contributed by atoms with van der Waals surface area (Å²) in [7, 11) is 0. The second kappa shape index (κ2) is 7.68. The van der Waals surface area contributed by atoms with E-state index in [1.54, 1.807) is 0 Å². The maximum Gasteiger partial charge on any atom is 0.258 e. The number of likely N-dealkylation sites (tertiary alicyclic amines) is 1. The number of nitrogens with one attached hydrogen (secondary N) is 2. The summed E-state index contributed by atoms with van der Waals surface area (Å²) < 4.78 is 7.65. The van der Waals surface area contributed by atoms with E-state index in [9.17, 15) is 4.79 Å². The summed E-state index contributed by atoms with van der Waals surface area (Å²) in [5, 5.41) is 13.7. The predicted molar refractivity (Wildman–Crippen MR) is 108 cm³/mol. The first-order chi connectivity index (χ1) is 14.2. The molecule has 0 unspecified atom stereocenters. The third-order valence-electron chi connectivity index (χ3n) is 6.21. The number of H-pyrrole nitrogens is 1. The zero-order chi connectivity index (χ0) is 19.8. The number of pyridine rings is 1. The van der Waals surface area contributed by atoms with E-state index < -0.39 is 0 Å². The van der Waals surface area contributed by atoms with Crippen LogP contribution >= 0.6 is 0 Å². The summed E-state index contributed by atoms with van der Waals surface area (Å²) in [5.74, 6) is 0.759. The van der Waals surface area contributed by atoms with Gasteiger partial charge in [0.25, 0.3) is 5.56 Å². The summed E-state index contributed by atoms with van der Waals surface area (Å²) in [4.78, 5) is 17.5. The molecule has 5 rings (SSSR count). The highest BCUT2D eigenvalue weighted by Crippen LogP contribution is 2.21. The number of quaternary nitrogens is 1. The fraction of sp³-hybridized carbons (Fsp3) is 0.524. The topological polar surface area (TPSA) is 90.1 Å². The lowest BCUT2D eigenvalue weighted by molar-refractivity contribution is -0.914.